The summed E-state index contributed by atoms with van der Waals surface area (Å²) in [4.78, 5) is 11.7. The zero-order valence-electron chi connectivity index (χ0n) is 13.2. The second-order valence-corrected chi connectivity index (χ2v) is 5.91. The van der Waals surface area contributed by atoms with Gasteiger partial charge in [0.1, 0.15) is 17.2 Å². The van der Waals surface area contributed by atoms with Crippen LogP contribution in [-0.4, -0.2) is 31.3 Å². The summed E-state index contributed by atoms with van der Waals surface area (Å²) in [6.45, 7) is 1.79. The molecule has 0 spiro atoms. The van der Waals surface area contributed by atoms with E-state index in [9.17, 15) is 4.39 Å². The highest BCUT2D eigenvalue weighted by Crippen LogP contribution is 2.38. The SMILES string of the molecule is Fc1ccc(-c2nn3c(c2-c2ccnc4[nH]ccc24)COCC3)nc1. The molecule has 5 rings (SSSR count). The summed E-state index contributed by atoms with van der Waals surface area (Å²) >= 11 is 0. The van der Waals surface area contributed by atoms with Crippen LogP contribution in [0.25, 0.3) is 33.5 Å². The number of aromatic amines is 1. The number of hydrogen-bond acceptors (Lipinski definition) is 4. The topological polar surface area (TPSA) is 68.6 Å². The molecule has 0 amide bonds. The van der Waals surface area contributed by atoms with Crippen LogP contribution in [0.5, 0.6) is 0 Å². The van der Waals surface area contributed by atoms with E-state index in [-0.39, 0.29) is 5.82 Å². The molecule has 0 bridgehead atoms. The molecule has 0 atom stereocenters. The fraction of sp³-hybridized carbons (Fsp3) is 0.167. The van der Waals surface area contributed by atoms with Gasteiger partial charge in [0.05, 0.1) is 37.3 Å². The number of fused-ring (bicyclic) bond motifs is 2. The number of hydrogen-bond donors (Lipinski definition) is 1. The van der Waals surface area contributed by atoms with Crippen molar-refractivity contribution in [3.8, 4) is 22.5 Å². The van der Waals surface area contributed by atoms with Crippen molar-refractivity contribution in [2.75, 3.05) is 6.61 Å². The summed E-state index contributed by atoms with van der Waals surface area (Å²) in [5.74, 6) is -0.366. The van der Waals surface area contributed by atoms with Crippen molar-refractivity contribution in [1.29, 1.82) is 0 Å². The molecule has 0 unspecified atom stereocenters. The summed E-state index contributed by atoms with van der Waals surface area (Å²) in [7, 11) is 0. The van der Waals surface area contributed by atoms with Gasteiger partial charge in [0.2, 0.25) is 0 Å². The lowest BCUT2D eigenvalue weighted by molar-refractivity contribution is 0.0805. The number of pyridine rings is 2. The van der Waals surface area contributed by atoms with Crippen LogP contribution in [0, 0.1) is 5.82 Å². The van der Waals surface area contributed by atoms with Crippen LogP contribution < -0.4 is 0 Å². The molecule has 0 saturated heterocycles. The van der Waals surface area contributed by atoms with Crippen LogP contribution in [0.15, 0.2) is 42.9 Å². The molecule has 7 heteroatoms. The van der Waals surface area contributed by atoms with Crippen molar-refractivity contribution in [3.05, 3.63) is 54.4 Å². The second kappa shape index (κ2) is 5.49. The van der Waals surface area contributed by atoms with Gasteiger partial charge in [0, 0.05) is 23.3 Å². The van der Waals surface area contributed by atoms with E-state index in [2.05, 4.69) is 15.0 Å². The highest BCUT2D eigenvalue weighted by molar-refractivity contribution is 5.97. The summed E-state index contributed by atoms with van der Waals surface area (Å²) in [5.41, 5.74) is 5.16. The minimum Gasteiger partial charge on any atom is -0.373 e. The summed E-state index contributed by atoms with van der Waals surface area (Å²) in [5, 5.41) is 5.75. The Morgan fingerprint density at radius 2 is 2.12 bits per heavy atom. The molecule has 0 aliphatic carbocycles. The van der Waals surface area contributed by atoms with Gasteiger partial charge in [-0.2, -0.15) is 5.10 Å². The third-order valence-electron chi connectivity index (χ3n) is 4.44. The molecule has 5 heterocycles. The Morgan fingerprint density at radius 1 is 1.16 bits per heavy atom. The van der Waals surface area contributed by atoms with Crippen molar-refractivity contribution in [1.82, 2.24) is 24.7 Å². The normalized spacial score (nSPS) is 14.0. The van der Waals surface area contributed by atoms with Crippen molar-refractivity contribution in [2.45, 2.75) is 13.2 Å². The molecule has 1 aliphatic heterocycles. The van der Waals surface area contributed by atoms with Gasteiger partial charge in [0.25, 0.3) is 0 Å². The largest absolute Gasteiger partial charge is 0.373 e. The average Bonchev–Trinajstić information content (AvgIpc) is 3.26. The number of rotatable bonds is 2. The fourth-order valence-electron chi connectivity index (χ4n) is 3.31. The number of aromatic nitrogens is 5. The maximum atomic E-state index is 13.3. The van der Waals surface area contributed by atoms with E-state index < -0.39 is 0 Å². The Balaban J connectivity index is 1.81. The zero-order valence-corrected chi connectivity index (χ0v) is 13.2. The standard InChI is InChI=1S/C18H14FN5O/c19-11-1-2-14(22-9-11)17-16(15-10-25-8-7-24(15)23-17)12-3-5-20-18-13(12)4-6-21-18/h1-6,9H,7-8,10H2,(H,20,21). The van der Waals surface area contributed by atoms with Crippen LogP contribution in [-0.2, 0) is 17.9 Å². The zero-order chi connectivity index (χ0) is 16.8. The highest BCUT2D eigenvalue weighted by atomic mass is 19.1. The Kier molecular flexibility index (Phi) is 3.14. The van der Waals surface area contributed by atoms with Gasteiger partial charge in [-0.1, -0.05) is 0 Å². The fourth-order valence-corrected chi connectivity index (χ4v) is 3.31. The molecule has 0 radical (unpaired) electrons. The third kappa shape index (κ3) is 2.24. The van der Waals surface area contributed by atoms with E-state index in [4.69, 9.17) is 9.84 Å². The maximum absolute atomic E-state index is 13.3. The smallest absolute Gasteiger partial charge is 0.141 e. The molecular weight excluding hydrogens is 321 g/mol. The predicted molar refractivity (Wildman–Crippen MR) is 90.2 cm³/mol. The second-order valence-electron chi connectivity index (χ2n) is 5.91. The lowest BCUT2D eigenvalue weighted by atomic mass is 9.99. The van der Waals surface area contributed by atoms with Crippen molar-refractivity contribution < 1.29 is 9.13 Å². The van der Waals surface area contributed by atoms with E-state index in [1.165, 1.54) is 12.3 Å². The Labute approximate surface area is 142 Å². The van der Waals surface area contributed by atoms with Gasteiger partial charge in [-0.05, 0) is 29.8 Å². The van der Waals surface area contributed by atoms with E-state index in [0.717, 1.165) is 33.5 Å². The van der Waals surface area contributed by atoms with Gasteiger partial charge >= 0.3 is 0 Å². The first-order valence-corrected chi connectivity index (χ1v) is 8.03. The molecule has 4 aromatic heterocycles. The quantitative estimate of drug-likeness (QED) is 0.611. The monoisotopic (exact) mass is 335 g/mol. The molecule has 124 valence electrons. The Hall–Kier alpha value is -3.06. The minimum atomic E-state index is -0.366. The number of nitrogens with one attached hydrogen (secondary N) is 1. The molecule has 6 nitrogen and oxygen atoms in total. The van der Waals surface area contributed by atoms with Crippen LogP contribution in [0.1, 0.15) is 5.69 Å². The number of ether oxygens (including phenoxy) is 1. The molecule has 0 aromatic carbocycles. The highest BCUT2D eigenvalue weighted by Gasteiger charge is 2.25. The van der Waals surface area contributed by atoms with Crippen LogP contribution in [0.4, 0.5) is 4.39 Å². The molecule has 25 heavy (non-hydrogen) atoms. The first-order valence-electron chi connectivity index (χ1n) is 8.03. The van der Waals surface area contributed by atoms with Gasteiger partial charge in [-0.15, -0.1) is 0 Å². The van der Waals surface area contributed by atoms with Crippen LogP contribution in [0.3, 0.4) is 0 Å². The minimum absolute atomic E-state index is 0.366. The Bertz CT molecular complexity index is 1070. The van der Waals surface area contributed by atoms with Gasteiger partial charge < -0.3 is 9.72 Å². The lowest BCUT2D eigenvalue weighted by Gasteiger charge is -2.15. The molecule has 0 saturated carbocycles. The molecular formula is C18H14FN5O. The van der Waals surface area contributed by atoms with Crippen molar-refractivity contribution >= 4 is 11.0 Å². The summed E-state index contributed by atoms with van der Waals surface area (Å²) in [6, 6.07) is 7.02. The van der Waals surface area contributed by atoms with Crippen LogP contribution >= 0.6 is 0 Å². The Morgan fingerprint density at radius 3 is 3.00 bits per heavy atom. The van der Waals surface area contributed by atoms with E-state index >= 15 is 0 Å². The number of nitrogens with zero attached hydrogens (tertiary/aromatic N) is 4. The van der Waals surface area contributed by atoms with E-state index in [0.29, 0.717) is 25.5 Å². The summed E-state index contributed by atoms with van der Waals surface area (Å²) < 4.78 is 20.9. The van der Waals surface area contributed by atoms with E-state index in [1.807, 2.05) is 23.0 Å². The first kappa shape index (κ1) is 14.3. The van der Waals surface area contributed by atoms with Gasteiger partial charge in [0.15, 0.2) is 0 Å². The predicted octanol–water partition coefficient (Wildman–Crippen LogP) is 3.16. The van der Waals surface area contributed by atoms with Gasteiger partial charge in [-0.25, -0.2) is 9.37 Å². The lowest BCUT2D eigenvalue weighted by Crippen LogP contribution is -2.17. The molecule has 1 N–H and O–H groups in total. The van der Waals surface area contributed by atoms with Crippen molar-refractivity contribution in [2.24, 2.45) is 0 Å². The third-order valence-corrected chi connectivity index (χ3v) is 4.44. The van der Waals surface area contributed by atoms with Crippen LogP contribution in [0.2, 0.25) is 0 Å². The molecule has 0 fully saturated rings. The van der Waals surface area contributed by atoms with Crippen molar-refractivity contribution in [3.63, 3.8) is 0 Å². The molecule has 4 aromatic rings. The van der Waals surface area contributed by atoms with Gasteiger partial charge in [-0.3, -0.25) is 9.67 Å². The first-order chi connectivity index (χ1) is 12.3. The average molecular weight is 335 g/mol. The van der Waals surface area contributed by atoms with E-state index in [1.54, 1.807) is 12.3 Å². The number of halogens is 1. The summed E-state index contributed by atoms with van der Waals surface area (Å²) in [6.07, 6.45) is 4.85. The number of H-pyrrole nitrogens is 1. The molecule has 1 aliphatic rings. The maximum Gasteiger partial charge on any atom is 0.141 e.